The van der Waals surface area contributed by atoms with Crippen molar-refractivity contribution in [2.75, 3.05) is 36.5 Å². The summed E-state index contributed by atoms with van der Waals surface area (Å²) in [7, 11) is 0. The Morgan fingerprint density at radius 2 is 2.05 bits per heavy atom. The highest BCUT2D eigenvalue weighted by atomic mass is 16.5. The Morgan fingerprint density at radius 3 is 2.73 bits per heavy atom. The van der Waals surface area contributed by atoms with E-state index in [1.165, 1.54) is 12.8 Å². The summed E-state index contributed by atoms with van der Waals surface area (Å²) >= 11 is 0. The van der Waals surface area contributed by atoms with Crippen LogP contribution in [-0.2, 0) is 9.53 Å². The van der Waals surface area contributed by atoms with E-state index in [1.54, 1.807) is 12.3 Å². The molecule has 2 aliphatic heterocycles. The summed E-state index contributed by atoms with van der Waals surface area (Å²) in [6, 6.07) is 3.89. The third-order valence-corrected chi connectivity index (χ3v) is 4.23. The molecule has 0 bridgehead atoms. The number of pyridine rings is 1. The van der Waals surface area contributed by atoms with Crippen LogP contribution in [0, 0.1) is 5.92 Å². The highest BCUT2D eigenvalue weighted by Crippen LogP contribution is 2.19. The van der Waals surface area contributed by atoms with Crippen LogP contribution in [0.15, 0.2) is 30.5 Å². The van der Waals surface area contributed by atoms with Crippen molar-refractivity contribution in [2.24, 2.45) is 5.92 Å². The fourth-order valence-corrected chi connectivity index (χ4v) is 2.91. The minimum atomic E-state index is -0.0952. The van der Waals surface area contributed by atoms with Crippen molar-refractivity contribution in [1.29, 1.82) is 0 Å². The van der Waals surface area contributed by atoms with Gasteiger partial charge in [-0.1, -0.05) is 6.08 Å². The lowest BCUT2D eigenvalue weighted by molar-refractivity contribution is -0.112. The Bertz CT molecular complexity index is 515. The van der Waals surface area contributed by atoms with E-state index in [-0.39, 0.29) is 5.91 Å². The van der Waals surface area contributed by atoms with Crippen molar-refractivity contribution in [3.05, 3.63) is 30.5 Å². The second-order valence-electron chi connectivity index (χ2n) is 5.90. The summed E-state index contributed by atoms with van der Waals surface area (Å²) in [5.41, 5.74) is 0.740. The quantitative estimate of drug-likeness (QED) is 0.869. The highest BCUT2D eigenvalue weighted by Gasteiger charge is 2.13. The second kappa shape index (κ2) is 7.40. The first-order valence-electron chi connectivity index (χ1n) is 8.09. The Labute approximate surface area is 131 Å². The predicted octanol–water partition coefficient (Wildman–Crippen LogP) is 2.60. The molecule has 2 saturated heterocycles. The van der Waals surface area contributed by atoms with Gasteiger partial charge in [0.25, 0.3) is 0 Å². The minimum absolute atomic E-state index is 0.0952. The van der Waals surface area contributed by atoms with Crippen LogP contribution in [0.3, 0.4) is 0 Å². The molecule has 0 radical (unpaired) electrons. The van der Waals surface area contributed by atoms with E-state index in [2.05, 4.69) is 15.2 Å². The number of hydrogen-bond donors (Lipinski definition) is 1. The smallest absolute Gasteiger partial charge is 0.248 e. The summed E-state index contributed by atoms with van der Waals surface area (Å²) < 4.78 is 5.31. The molecule has 3 rings (SSSR count). The van der Waals surface area contributed by atoms with Gasteiger partial charge in [-0.2, -0.15) is 0 Å². The number of hydrogen-bond acceptors (Lipinski definition) is 4. The first-order chi connectivity index (χ1) is 10.8. The van der Waals surface area contributed by atoms with Gasteiger partial charge in [0.15, 0.2) is 0 Å². The zero-order chi connectivity index (χ0) is 15.2. The number of carbonyl (C=O) groups excluding carboxylic acids is 1. The lowest BCUT2D eigenvalue weighted by Gasteiger charge is -2.18. The normalized spacial score (nSPS) is 19.7. The van der Waals surface area contributed by atoms with Crippen LogP contribution in [0.4, 0.5) is 11.5 Å². The third-order valence-electron chi connectivity index (χ3n) is 4.23. The Balaban J connectivity index is 1.51. The van der Waals surface area contributed by atoms with Gasteiger partial charge in [0.2, 0.25) is 5.91 Å². The van der Waals surface area contributed by atoms with Gasteiger partial charge in [0.1, 0.15) is 5.82 Å². The second-order valence-corrected chi connectivity index (χ2v) is 5.90. The molecule has 0 aromatic carbocycles. The van der Waals surface area contributed by atoms with Crippen LogP contribution in [0.25, 0.3) is 0 Å². The molecule has 0 saturated carbocycles. The molecule has 0 spiro atoms. The van der Waals surface area contributed by atoms with Crippen LogP contribution in [0.2, 0.25) is 0 Å². The number of aromatic nitrogens is 1. The van der Waals surface area contributed by atoms with Crippen LogP contribution in [-0.4, -0.2) is 37.2 Å². The standard InChI is InChI=1S/C17H23N3O2/c21-17(6-3-14-7-11-22-12-8-14)19-15-4-5-16(18-13-15)20-9-1-2-10-20/h3-6,13-14H,1-2,7-12H2,(H,19,21)/b6-3+. The van der Waals surface area contributed by atoms with E-state index in [0.29, 0.717) is 5.92 Å². The molecule has 1 aromatic heterocycles. The summed E-state index contributed by atoms with van der Waals surface area (Å²) in [4.78, 5) is 18.6. The van der Waals surface area contributed by atoms with E-state index in [1.807, 2.05) is 18.2 Å². The maximum atomic E-state index is 11.9. The van der Waals surface area contributed by atoms with Crippen molar-refractivity contribution in [3.63, 3.8) is 0 Å². The largest absolute Gasteiger partial charge is 0.381 e. The van der Waals surface area contributed by atoms with Gasteiger partial charge in [-0.3, -0.25) is 4.79 Å². The van der Waals surface area contributed by atoms with Gasteiger partial charge >= 0.3 is 0 Å². The summed E-state index contributed by atoms with van der Waals surface area (Å²) in [5, 5.41) is 2.86. The van der Waals surface area contributed by atoms with Gasteiger partial charge < -0.3 is 15.0 Å². The summed E-state index contributed by atoms with van der Waals surface area (Å²) in [6.07, 6.45) is 9.81. The van der Waals surface area contributed by atoms with E-state index in [0.717, 1.165) is 50.7 Å². The Hall–Kier alpha value is -1.88. The number of allylic oxidation sites excluding steroid dienone is 1. The van der Waals surface area contributed by atoms with Crippen molar-refractivity contribution in [3.8, 4) is 0 Å². The number of rotatable bonds is 4. The molecule has 5 nitrogen and oxygen atoms in total. The molecule has 1 amide bonds. The Morgan fingerprint density at radius 1 is 1.27 bits per heavy atom. The van der Waals surface area contributed by atoms with Crippen LogP contribution >= 0.6 is 0 Å². The lowest BCUT2D eigenvalue weighted by Crippen LogP contribution is -2.19. The van der Waals surface area contributed by atoms with Crippen LogP contribution in [0.5, 0.6) is 0 Å². The highest BCUT2D eigenvalue weighted by molar-refractivity contribution is 5.99. The number of amides is 1. The van der Waals surface area contributed by atoms with Crippen molar-refractivity contribution in [1.82, 2.24) is 4.98 Å². The van der Waals surface area contributed by atoms with Gasteiger partial charge in [0, 0.05) is 26.3 Å². The fourth-order valence-electron chi connectivity index (χ4n) is 2.91. The van der Waals surface area contributed by atoms with Crippen LogP contribution < -0.4 is 10.2 Å². The fraction of sp³-hybridized carbons (Fsp3) is 0.529. The molecule has 3 heterocycles. The van der Waals surface area contributed by atoms with E-state index in [4.69, 9.17) is 4.74 Å². The van der Waals surface area contributed by atoms with E-state index < -0.39 is 0 Å². The van der Waals surface area contributed by atoms with Crippen molar-refractivity contribution < 1.29 is 9.53 Å². The first kappa shape index (κ1) is 15.0. The molecule has 22 heavy (non-hydrogen) atoms. The van der Waals surface area contributed by atoms with Gasteiger partial charge in [-0.25, -0.2) is 4.98 Å². The molecule has 2 fully saturated rings. The van der Waals surface area contributed by atoms with Gasteiger partial charge in [-0.15, -0.1) is 0 Å². The SMILES string of the molecule is O=C(/C=C/C1CCOCC1)Nc1ccc(N2CCCC2)nc1. The number of ether oxygens (including phenoxy) is 1. The number of carbonyl (C=O) groups is 1. The molecule has 1 N–H and O–H groups in total. The Kier molecular flexibility index (Phi) is 5.06. The maximum Gasteiger partial charge on any atom is 0.248 e. The average molecular weight is 301 g/mol. The predicted molar refractivity (Wildman–Crippen MR) is 87.0 cm³/mol. The van der Waals surface area contributed by atoms with E-state index in [9.17, 15) is 4.79 Å². The molecule has 0 aliphatic carbocycles. The summed E-state index contributed by atoms with van der Waals surface area (Å²) in [6.45, 7) is 3.73. The van der Waals surface area contributed by atoms with Crippen molar-refractivity contribution in [2.45, 2.75) is 25.7 Å². The summed E-state index contributed by atoms with van der Waals surface area (Å²) in [5.74, 6) is 1.35. The van der Waals surface area contributed by atoms with Gasteiger partial charge in [-0.05, 0) is 49.8 Å². The van der Waals surface area contributed by atoms with E-state index >= 15 is 0 Å². The molecule has 5 heteroatoms. The van der Waals surface area contributed by atoms with Crippen molar-refractivity contribution >= 4 is 17.4 Å². The topological polar surface area (TPSA) is 54.5 Å². The zero-order valence-electron chi connectivity index (χ0n) is 12.8. The minimum Gasteiger partial charge on any atom is -0.381 e. The monoisotopic (exact) mass is 301 g/mol. The molecule has 0 atom stereocenters. The number of nitrogens with one attached hydrogen (secondary N) is 1. The molecule has 0 unspecified atom stereocenters. The maximum absolute atomic E-state index is 11.9. The van der Waals surface area contributed by atoms with Crippen LogP contribution in [0.1, 0.15) is 25.7 Å². The van der Waals surface area contributed by atoms with Gasteiger partial charge in [0.05, 0.1) is 11.9 Å². The average Bonchev–Trinajstić information content (AvgIpc) is 3.09. The molecular formula is C17H23N3O2. The molecule has 2 aliphatic rings. The zero-order valence-corrected chi connectivity index (χ0v) is 12.8. The molecular weight excluding hydrogens is 278 g/mol. The number of nitrogens with zero attached hydrogens (tertiary/aromatic N) is 2. The third kappa shape index (κ3) is 4.07. The lowest BCUT2D eigenvalue weighted by atomic mass is 10.00. The molecule has 118 valence electrons. The number of anilines is 2. The molecule has 1 aromatic rings. The first-order valence-corrected chi connectivity index (χ1v) is 8.09.